The van der Waals surface area contributed by atoms with Gasteiger partial charge in [-0.15, -0.1) is 0 Å². The summed E-state index contributed by atoms with van der Waals surface area (Å²) in [6.07, 6.45) is -2.84. The highest BCUT2D eigenvalue weighted by Gasteiger charge is 2.66. The van der Waals surface area contributed by atoms with Gasteiger partial charge in [0.2, 0.25) is 0 Å². The fraction of sp³-hybridized carbons (Fsp3) is 0.353. The normalized spacial score (nSPS) is 15.9. The van der Waals surface area contributed by atoms with E-state index >= 15 is 0 Å². The van der Waals surface area contributed by atoms with Crippen molar-refractivity contribution in [3.63, 3.8) is 0 Å². The van der Waals surface area contributed by atoms with E-state index in [9.17, 15) is 13.2 Å². The molecule has 3 aromatic heterocycles. The SMILES string of the molecule is CNc1cccc(-c2cnc3cc(OC)c(C4(C(F)(F)F)CC4)nn23)n1. The number of anilines is 1. The minimum Gasteiger partial charge on any atom is -0.495 e. The van der Waals surface area contributed by atoms with Crippen LogP contribution in [0.25, 0.3) is 17.0 Å². The molecule has 0 saturated heterocycles. The second-order valence-electron chi connectivity index (χ2n) is 6.21. The second kappa shape index (κ2) is 5.58. The van der Waals surface area contributed by atoms with Crippen molar-refractivity contribution in [1.29, 1.82) is 0 Å². The van der Waals surface area contributed by atoms with Crippen LogP contribution in [0.2, 0.25) is 0 Å². The summed E-state index contributed by atoms with van der Waals surface area (Å²) in [6, 6.07) is 6.83. The number of methoxy groups -OCH3 is 1. The molecule has 0 aliphatic heterocycles. The van der Waals surface area contributed by atoms with E-state index in [4.69, 9.17) is 4.74 Å². The number of ether oxygens (including phenoxy) is 1. The number of alkyl halides is 3. The molecule has 0 radical (unpaired) electrons. The summed E-state index contributed by atoms with van der Waals surface area (Å²) in [5, 5.41) is 7.22. The number of hydrogen-bond donors (Lipinski definition) is 1. The topological polar surface area (TPSA) is 64.3 Å². The molecule has 1 N–H and O–H groups in total. The Balaban J connectivity index is 1.92. The molecule has 136 valence electrons. The molecule has 1 fully saturated rings. The molecule has 0 atom stereocenters. The molecular weight excluding hydrogens is 347 g/mol. The van der Waals surface area contributed by atoms with Gasteiger partial charge in [-0.1, -0.05) is 6.07 Å². The maximum absolute atomic E-state index is 13.6. The Morgan fingerprint density at radius 1 is 1.27 bits per heavy atom. The molecular formula is C17H16F3N5O. The largest absolute Gasteiger partial charge is 0.495 e. The van der Waals surface area contributed by atoms with Gasteiger partial charge in [0.15, 0.2) is 5.65 Å². The molecule has 0 aromatic carbocycles. The predicted octanol–water partition coefficient (Wildman–Crippen LogP) is 3.44. The maximum atomic E-state index is 13.6. The van der Waals surface area contributed by atoms with Crippen LogP contribution in [0.15, 0.2) is 30.5 Å². The molecule has 4 rings (SSSR count). The quantitative estimate of drug-likeness (QED) is 0.769. The molecule has 1 aliphatic rings. The number of aromatic nitrogens is 4. The molecule has 0 spiro atoms. The Kier molecular flexibility index (Phi) is 3.57. The fourth-order valence-electron chi connectivity index (χ4n) is 3.06. The van der Waals surface area contributed by atoms with Gasteiger partial charge in [-0.05, 0) is 25.0 Å². The summed E-state index contributed by atoms with van der Waals surface area (Å²) in [7, 11) is 3.08. The average Bonchev–Trinajstić information content (AvgIpc) is 3.35. The molecule has 3 aromatic rings. The third-order valence-corrected chi connectivity index (χ3v) is 4.69. The van der Waals surface area contributed by atoms with E-state index in [0.717, 1.165) is 0 Å². The van der Waals surface area contributed by atoms with Gasteiger partial charge >= 0.3 is 6.18 Å². The number of pyridine rings is 1. The molecule has 1 saturated carbocycles. The lowest BCUT2D eigenvalue weighted by Crippen LogP contribution is -2.30. The van der Waals surface area contributed by atoms with Crippen molar-refractivity contribution in [3.8, 4) is 17.1 Å². The third-order valence-electron chi connectivity index (χ3n) is 4.69. The van der Waals surface area contributed by atoms with Crippen molar-refractivity contribution < 1.29 is 17.9 Å². The molecule has 0 bridgehead atoms. The van der Waals surface area contributed by atoms with Crippen LogP contribution in [-0.2, 0) is 5.41 Å². The van der Waals surface area contributed by atoms with E-state index in [1.54, 1.807) is 31.4 Å². The molecule has 1 aliphatic carbocycles. The van der Waals surface area contributed by atoms with Crippen molar-refractivity contribution in [2.45, 2.75) is 24.4 Å². The summed E-state index contributed by atoms with van der Waals surface area (Å²) < 4.78 is 47.4. The van der Waals surface area contributed by atoms with E-state index in [2.05, 4.69) is 20.4 Å². The van der Waals surface area contributed by atoms with Gasteiger partial charge in [0, 0.05) is 13.1 Å². The number of rotatable bonds is 4. The Bertz CT molecular complexity index is 978. The standard InChI is InChI=1S/C17H16F3N5O/c1-21-13-5-3-4-10(23-13)11-9-22-14-8-12(26-2)15(24-25(11)14)16(6-7-16)17(18,19)20/h3-5,8-9H,6-7H2,1-2H3,(H,21,23). The van der Waals surface area contributed by atoms with Crippen LogP contribution in [0.3, 0.4) is 0 Å². The fourth-order valence-corrected chi connectivity index (χ4v) is 3.06. The van der Waals surface area contributed by atoms with Crippen molar-refractivity contribution in [1.82, 2.24) is 19.6 Å². The average molecular weight is 363 g/mol. The van der Waals surface area contributed by atoms with Gasteiger partial charge in [-0.3, -0.25) is 0 Å². The number of hydrogen-bond acceptors (Lipinski definition) is 5. The summed E-state index contributed by atoms with van der Waals surface area (Å²) >= 11 is 0. The molecule has 9 heteroatoms. The van der Waals surface area contributed by atoms with E-state index in [1.165, 1.54) is 17.7 Å². The highest BCUT2D eigenvalue weighted by atomic mass is 19.4. The van der Waals surface area contributed by atoms with Crippen LogP contribution in [0.4, 0.5) is 19.0 Å². The Morgan fingerprint density at radius 2 is 2.04 bits per heavy atom. The molecule has 6 nitrogen and oxygen atoms in total. The van der Waals surface area contributed by atoms with Crippen LogP contribution >= 0.6 is 0 Å². The highest BCUT2D eigenvalue weighted by Crippen LogP contribution is 2.60. The summed E-state index contributed by atoms with van der Waals surface area (Å²) in [6.45, 7) is 0. The molecule has 0 amide bonds. The van der Waals surface area contributed by atoms with Gasteiger partial charge in [-0.2, -0.15) is 18.3 Å². The van der Waals surface area contributed by atoms with Crippen LogP contribution in [0, 0.1) is 0 Å². The number of imidazole rings is 1. The van der Waals surface area contributed by atoms with Crippen LogP contribution < -0.4 is 10.1 Å². The highest BCUT2D eigenvalue weighted by molar-refractivity contribution is 5.62. The first kappa shape index (κ1) is 16.6. The minimum atomic E-state index is -4.38. The summed E-state index contributed by atoms with van der Waals surface area (Å²) in [5.74, 6) is 0.738. The van der Waals surface area contributed by atoms with Crippen molar-refractivity contribution in [2.24, 2.45) is 0 Å². The van der Waals surface area contributed by atoms with Gasteiger partial charge in [0.25, 0.3) is 0 Å². The molecule has 0 unspecified atom stereocenters. The first-order valence-corrected chi connectivity index (χ1v) is 8.05. The Hall–Kier alpha value is -2.84. The monoisotopic (exact) mass is 363 g/mol. The smallest absolute Gasteiger partial charge is 0.400 e. The van der Waals surface area contributed by atoms with Crippen molar-refractivity contribution in [2.75, 3.05) is 19.5 Å². The molecule has 3 heterocycles. The number of nitrogens with zero attached hydrogens (tertiary/aromatic N) is 4. The molecule has 26 heavy (non-hydrogen) atoms. The first-order valence-electron chi connectivity index (χ1n) is 8.05. The van der Waals surface area contributed by atoms with E-state index in [1.807, 2.05) is 0 Å². The van der Waals surface area contributed by atoms with E-state index in [0.29, 0.717) is 22.9 Å². The minimum absolute atomic E-state index is 0.00286. The van der Waals surface area contributed by atoms with E-state index in [-0.39, 0.29) is 24.3 Å². The van der Waals surface area contributed by atoms with Gasteiger partial charge in [0.05, 0.1) is 19.0 Å². The van der Waals surface area contributed by atoms with Crippen LogP contribution in [0.5, 0.6) is 5.75 Å². The van der Waals surface area contributed by atoms with Gasteiger partial charge in [-0.25, -0.2) is 14.5 Å². The number of fused-ring (bicyclic) bond motifs is 1. The predicted molar refractivity (Wildman–Crippen MR) is 89.3 cm³/mol. The lowest BCUT2D eigenvalue weighted by Gasteiger charge is -2.21. The summed E-state index contributed by atoms with van der Waals surface area (Å²) in [5.41, 5.74) is -0.586. The second-order valence-corrected chi connectivity index (χ2v) is 6.21. The van der Waals surface area contributed by atoms with Crippen molar-refractivity contribution in [3.05, 3.63) is 36.2 Å². The van der Waals surface area contributed by atoms with Crippen LogP contribution in [0.1, 0.15) is 18.5 Å². The Labute approximate surface area is 147 Å². The zero-order chi connectivity index (χ0) is 18.5. The van der Waals surface area contributed by atoms with Crippen LogP contribution in [-0.4, -0.2) is 39.9 Å². The zero-order valence-corrected chi connectivity index (χ0v) is 14.1. The number of halogens is 3. The Morgan fingerprint density at radius 3 is 2.65 bits per heavy atom. The maximum Gasteiger partial charge on any atom is 0.400 e. The van der Waals surface area contributed by atoms with E-state index < -0.39 is 11.6 Å². The van der Waals surface area contributed by atoms with Gasteiger partial charge < -0.3 is 10.1 Å². The van der Waals surface area contributed by atoms with Gasteiger partial charge in [0.1, 0.15) is 28.4 Å². The number of nitrogens with one attached hydrogen (secondary N) is 1. The third kappa shape index (κ3) is 2.38. The zero-order valence-electron chi connectivity index (χ0n) is 14.1. The summed E-state index contributed by atoms with van der Waals surface area (Å²) in [4.78, 5) is 8.66. The lowest BCUT2D eigenvalue weighted by molar-refractivity contribution is -0.162. The first-order chi connectivity index (χ1) is 12.4. The van der Waals surface area contributed by atoms with Crippen molar-refractivity contribution >= 4 is 11.5 Å². The lowest BCUT2D eigenvalue weighted by atomic mass is 10.0.